The van der Waals surface area contributed by atoms with E-state index in [-0.39, 0.29) is 11.7 Å². The van der Waals surface area contributed by atoms with Crippen LogP contribution in [0.4, 0.5) is 5.82 Å². The molecule has 30 heavy (non-hydrogen) atoms. The lowest BCUT2D eigenvalue weighted by atomic mass is 9.94. The molecule has 0 saturated carbocycles. The number of hydrogen-bond acceptors (Lipinski definition) is 4. The summed E-state index contributed by atoms with van der Waals surface area (Å²) in [7, 11) is 0. The van der Waals surface area contributed by atoms with Gasteiger partial charge in [-0.15, -0.1) is 0 Å². The van der Waals surface area contributed by atoms with E-state index >= 15 is 0 Å². The molecule has 6 nitrogen and oxygen atoms in total. The monoisotopic (exact) mass is 402 g/mol. The van der Waals surface area contributed by atoms with Crippen molar-refractivity contribution in [2.75, 3.05) is 13.1 Å². The molecule has 0 aliphatic carbocycles. The van der Waals surface area contributed by atoms with Crippen molar-refractivity contribution in [3.05, 3.63) is 83.1 Å². The Morgan fingerprint density at radius 1 is 1.03 bits per heavy atom. The molecular formula is C24H26N4O2. The minimum Gasteiger partial charge on any atom is -0.369 e. The highest BCUT2D eigenvalue weighted by molar-refractivity contribution is 6.09. The van der Waals surface area contributed by atoms with Gasteiger partial charge in [0, 0.05) is 36.2 Å². The fraction of sp³-hybridized carbons (Fsp3) is 0.292. The third-order valence-corrected chi connectivity index (χ3v) is 5.54. The van der Waals surface area contributed by atoms with Gasteiger partial charge in [0.1, 0.15) is 5.76 Å². The summed E-state index contributed by atoms with van der Waals surface area (Å²) in [6, 6.07) is 18.7. The third kappa shape index (κ3) is 4.43. The molecule has 1 saturated heterocycles. The van der Waals surface area contributed by atoms with E-state index in [2.05, 4.69) is 15.0 Å². The van der Waals surface area contributed by atoms with Crippen LogP contribution < -0.4 is 5.73 Å². The molecule has 2 N–H and O–H groups in total. The lowest BCUT2D eigenvalue weighted by Gasteiger charge is -2.27. The Morgan fingerprint density at radius 3 is 2.53 bits per heavy atom. The van der Waals surface area contributed by atoms with Crippen LogP contribution in [0.1, 0.15) is 59.3 Å². The smallest absolute Gasteiger partial charge is 0.198 e. The summed E-state index contributed by atoms with van der Waals surface area (Å²) in [6.45, 7) is 3.88. The highest BCUT2D eigenvalue weighted by Gasteiger charge is 2.18. The van der Waals surface area contributed by atoms with Gasteiger partial charge in [-0.2, -0.15) is 4.99 Å². The van der Waals surface area contributed by atoms with Crippen molar-refractivity contribution in [2.24, 2.45) is 10.7 Å². The number of rotatable bonds is 5. The predicted octanol–water partition coefficient (Wildman–Crippen LogP) is 4.49. The number of aromatic nitrogens is 1. The van der Waals surface area contributed by atoms with Crippen molar-refractivity contribution >= 4 is 17.6 Å². The van der Waals surface area contributed by atoms with Crippen LogP contribution in [0.2, 0.25) is 0 Å². The summed E-state index contributed by atoms with van der Waals surface area (Å²) in [5.74, 6) is 1.57. The Morgan fingerprint density at radius 2 is 1.77 bits per heavy atom. The van der Waals surface area contributed by atoms with E-state index in [1.807, 2.05) is 67.6 Å². The average Bonchev–Trinajstić information content (AvgIpc) is 3.27. The number of aliphatic imine (C=N–C) groups is 1. The number of benzene rings is 2. The van der Waals surface area contributed by atoms with Crippen molar-refractivity contribution in [2.45, 2.75) is 32.1 Å². The highest BCUT2D eigenvalue weighted by atomic mass is 16.5. The molecule has 1 aromatic heterocycles. The maximum Gasteiger partial charge on any atom is 0.198 e. The minimum absolute atomic E-state index is 0.00168. The van der Waals surface area contributed by atoms with Gasteiger partial charge < -0.3 is 15.2 Å². The highest BCUT2D eigenvalue weighted by Crippen LogP contribution is 2.28. The quantitative estimate of drug-likeness (QED) is 0.386. The van der Waals surface area contributed by atoms with E-state index in [0.29, 0.717) is 28.7 Å². The second-order valence-electron chi connectivity index (χ2n) is 7.65. The molecule has 154 valence electrons. The van der Waals surface area contributed by atoms with Gasteiger partial charge >= 0.3 is 0 Å². The normalized spacial score (nSPS) is 15.8. The molecule has 2 heterocycles. The van der Waals surface area contributed by atoms with Crippen LogP contribution in [0.3, 0.4) is 0 Å². The van der Waals surface area contributed by atoms with Crippen molar-refractivity contribution in [1.29, 1.82) is 0 Å². The number of hydrogen-bond donors (Lipinski definition) is 1. The van der Waals surface area contributed by atoms with Crippen molar-refractivity contribution in [3.63, 3.8) is 0 Å². The number of nitrogens with zero attached hydrogens (tertiary/aromatic N) is 3. The van der Waals surface area contributed by atoms with Gasteiger partial charge in [0.25, 0.3) is 0 Å². The Labute approximate surface area is 176 Å². The van der Waals surface area contributed by atoms with Gasteiger partial charge in [-0.25, -0.2) is 0 Å². The Bertz CT molecular complexity index is 1040. The summed E-state index contributed by atoms with van der Waals surface area (Å²) in [5.41, 5.74) is 8.44. The van der Waals surface area contributed by atoms with Crippen LogP contribution in [-0.4, -0.2) is 34.9 Å². The molecule has 1 aliphatic rings. The third-order valence-electron chi connectivity index (χ3n) is 5.54. The molecule has 1 unspecified atom stereocenters. The molecule has 1 aliphatic heterocycles. The summed E-state index contributed by atoms with van der Waals surface area (Å²) >= 11 is 0. The number of piperidine rings is 1. The SMILES string of the molecule is CC(c1cccc(C(=O)c2ccccc2)c1)c1cc(N=C(N)N2CCCCC2)no1. The first kappa shape index (κ1) is 19.9. The fourth-order valence-electron chi connectivity index (χ4n) is 3.72. The standard InChI is InChI=1S/C24H26N4O2/c1-17(19-11-8-12-20(15-19)23(29)18-9-4-2-5-10-18)21-16-22(27-30-21)26-24(25)28-13-6-3-7-14-28/h2,4-5,8-12,15-17H,3,6-7,13-14H2,1H3,(H2,25,26,27). The van der Waals surface area contributed by atoms with E-state index in [1.165, 1.54) is 6.42 Å². The van der Waals surface area contributed by atoms with Crippen LogP contribution in [0, 0.1) is 0 Å². The van der Waals surface area contributed by atoms with E-state index < -0.39 is 0 Å². The van der Waals surface area contributed by atoms with E-state index in [1.54, 1.807) is 0 Å². The number of guanidine groups is 1. The van der Waals surface area contributed by atoms with Crippen molar-refractivity contribution in [1.82, 2.24) is 10.1 Å². The molecule has 0 bridgehead atoms. The van der Waals surface area contributed by atoms with E-state index in [0.717, 1.165) is 31.5 Å². The molecule has 0 amide bonds. The number of carbonyl (C=O) groups excluding carboxylic acids is 1. The first-order chi connectivity index (χ1) is 14.6. The number of ketones is 1. The lowest BCUT2D eigenvalue weighted by molar-refractivity contribution is 0.103. The second kappa shape index (κ2) is 8.95. The lowest BCUT2D eigenvalue weighted by Crippen LogP contribution is -2.40. The number of likely N-dealkylation sites (tertiary alicyclic amines) is 1. The zero-order valence-electron chi connectivity index (χ0n) is 17.1. The Balaban J connectivity index is 1.51. The molecular weight excluding hydrogens is 376 g/mol. The summed E-state index contributed by atoms with van der Waals surface area (Å²) in [6.07, 6.45) is 3.51. The van der Waals surface area contributed by atoms with Crippen LogP contribution in [0.5, 0.6) is 0 Å². The van der Waals surface area contributed by atoms with Gasteiger partial charge in [-0.3, -0.25) is 4.79 Å². The van der Waals surface area contributed by atoms with Crippen LogP contribution in [0.15, 0.2) is 70.2 Å². The maximum absolute atomic E-state index is 12.8. The zero-order valence-corrected chi connectivity index (χ0v) is 17.1. The number of nitrogens with two attached hydrogens (primary N) is 1. The molecule has 1 fully saturated rings. The first-order valence-corrected chi connectivity index (χ1v) is 10.4. The van der Waals surface area contributed by atoms with Gasteiger partial charge in [0.15, 0.2) is 17.6 Å². The average molecular weight is 402 g/mol. The topological polar surface area (TPSA) is 84.7 Å². The Hall–Kier alpha value is -3.41. The van der Waals surface area contributed by atoms with Crippen molar-refractivity contribution in [3.8, 4) is 0 Å². The largest absolute Gasteiger partial charge is 0.369 e. The molecule has 0 spiro atoms. The zero-order chi connectivity index (χ0) is 20.9. The fourth-order valence-corrected chi connectivity index (χ4v) is 3.72. The van der Waals surface area contributed by atoms with Gasteiger partial charge in [0.05, 0.1) is 0 Å². The van der Waals surface area contributed by atoms with Crippen LogP contribution >= 0.6 is 0 Å². The summed E-state index contributed by atoms with van der Waals surface area (Å²) in [4.78, 5) is 19.3. The molecule has 4 rings (SSSR count). The van der Waals surface area contributed by atoms with Crippen molar-refractivity contribution < 1.29 is 9.32 Å². The summed E-state index contributed by atoms with van der Waals surface area (Å²) < 4.78 is 5.54. The molecule has 3 aromatic rings. The second-order valence-corrected chi connectivity index (χ2v) is 7.65. The maximum atomic E-state index is 12.8. The van der Waals surface area contributed by atoms with Gasteiger partial charge in [-0.1, -0.05) is 60.6 Å². The van der Waals surface area contributed by atoms with E-state index in [9.17, 15) is 4.79 Å². The molecule has 6 heteroatoms. The minimum atomic E-state index is -0.0683. The van der Waals surface area contributed by atoms with Crippen LogP contribution in [-0.2, 0) is 0 Å². The molecule has 0 radical (unpaired) electrons. The molecule has 2 aromatic carbocycles. The van der Waals surface area contributed by atoms with E-state index in [4.69, 9.17) is 10.3 Å². The first-order valence-electron chi connectivity index (χ1n) is 10.4. The number of carbonyl (C=O) groups is 1. The van der Waals surface area contributed by atoms with Crippen LogP contribution in [0.25, 0.3) is 0 Å². The predicted molar refractivity (Wildman–Crippen MR) is 117 cm³/mol. The summed E-state index contributed by atoms with van der Waals surface area (Å²) in [5, 5.41) is 4.07. The Kier molecular flexibility index (Phi) is 5.93. The molecule has 1 atom stereocenters. The van der Waals surface area contributed by atoms with Gasteiger partial charge in [-0.05, 0) is 30.9 Å². The van der Waals surface area contributed by atoms with Gasteiger partial charge in [0.2, 0.25) is 0 Å².